The molecule has 5 aromatic rings. The summed E-state index contributed by atoms with van der Waals surface area (Å²) in [6, 6.07) is 35.4. The zero-order valence-corrected chi connectivity index (χ0v) is 16.3. The molecule has 0 unspecified atom stereocenters. The van der Waals surface area contributed by atoms with Crippen LogP contribution in [0.1, 0.15) is 0 Å². The molecule has 0 bridgehead atoms. The summed E-state index contributed by atoms with van der Waals surface area (Å²) in [5.41, 5.74) is 7.48. The van der Waals surface area contributed by atoms with Crippen LogP contribution in [0.2, 0.25) is 0 Å². The number of nitrogen functional groups attached to an aromatic ring is 1. The first-order valence-corrected chi connectivity index (χ1v) is 9.63. The zero-order valence-electron chi connectivity index (χ0n) is 16.3. The smallest absolute Gasteiger partial charge is 0.138 e. The summed E-state index contributed by atoms with van der Waals surface area (Å²) in [5.74, 6) is 0.146. The second kappa shape index (κ2) is 8.88. The summed E-state index contributed by atoms with van der Waals surface area (Å²) in [7, 11) is 0. The van der Waals surface area contributed by atoms with Crippen molar-refractivity contribution in [1.29, 1.82) is 0 Å². The number of anilines is 1. The normalized spacial score (nSPS) is 10.8. The van der Waals surface area contributed by atoms with Crippen molar-refractivity contribution in [3.05, 3.63) is 109 Å². The molecule has 0 radical (unpaired) electrons. The monoisotopic (exact) mass is 391 g/mol. The van der Waals surface area contributed by atoms with Crippen LogP contribution in [-0.2, 0) is 0 Å². The summed E-state index contributed by atoms with van der Waals surface area (Å²) < 4.78 is 0. The lowest BCUT2D eigenvalue weighted by molar-refractivity contribution is 0.478. The number of hydrogen-bond donors (Lipinski definition) is 2. The number of para-hydroxylation sites is 2. The van der Waals surface area contributed by atoms with Crippen LogP contribution in [0.15, 0.2) is 119 Å². The molecule has 5 rings (SSSR count). The maximum absolute atomic E-state index is 8.79. The SMILES string of the molecule is Nc1ccccc1O.c1ccc2c(N=Nc3cccc4ccccc34)cccc2c1. The molecule has 3 N–H and O–H groups in total. The van der Waals surface area contributed by atoms with E-state index in [1.54, 1.807) is 24.3 Å². The van der Waals surface area contributed by atoms with Gasteiger partial charge in [0.25, 0.3) is 0 Å². The molecule has 0 fully saturated rings. The van der Waals surface area contributed by atoms with Crippen LogP contribution < -0.4 is 5.73 Å². The van der Waals surface area contributed by atoms with Gasteiger partial charge in [0.15, 0.2) is 0 Å². The standard InChI is InChI=1S/C20H14N2.C6H7NO/c1-3-11-17-15(7-1)9-5-13-19(17)21-22-20-14-6-10-16-8-2-4-12-18(16)20;7-5-3-1-2-4-6(5)8/h1-14H;1-4,8H,7H2. The minimum atomic E-state index is 0.146. The topological polar surface area (TPSA) is 71.0 Å². The van der Waals surface area contributed by atoms with E-state index in [4.69, 9.17) is 10.8 Å². The molecule has 0 aliphatic rings. The second-order valence-electron chi connectivity index (χ2n) is 6.76. The third-order valence-electron chi connectivity index (χ3n) is 4.74. The summed E-state index contributed by atoms with van der Waals surface area (Å²) in [5, 5.41) is 22.3. The van der Waals surface area contributed by atoms with E-state index in [2.05, 4.69) is 46.6 Å². The fourth-order valence-electron chi connectivity index (χ4n) is 3.19. The van der Waals surface area contributed by atoms with Gasteiger partial charge in [-0.05, 0) is 35.0 Å². The van der Waals surface area contributed by atoms with Crippen molar-refractivity contribution in [2.75, 3.05) is 5.73 Å². The molecule has 30 heavy (non-hydrogen) atoms. The van der Waals surface area contributed by atoms with Crippen LogP contribution in [0.25, 0.3) is 21.5 Å². The Balaban J connectivity index is 0.000000230. The fourth-order valence-corrected chi connectivity index (χ4v) is 3.19. The van der Waals surface area contributed by atoms with Gasteiger partial charge in [-0.15, -0.1) is 10.2 Å². The highest BCUT2D eigenvalue weighted by Gasteiger charge is 2.01. The Hall–Kier alpha value is -4.18. The van der Waals surface area contributed by atoms with Crippen molar-refractivity contribution in [3.8, 4) is 5.75 Å². The maximum Gasteiger partial charge on any atom is 0.138 e. The number of fused-ring (bicyclic) bond motifs is 2. The molecule has 0 atom stereocenters. The van der Waals surface area contributed by atoms with E-state index < -0.39 is 0 Å². The van der Waals surface area contributed by atoms with Crippen LogP contribution in [0.3, 0.4) is 0 Å². The van der Waals surface area contributed by atoms with E-state index in [-0.39, 0.29) is 5.75 Å². The van der Waals surface area contributed by atoms with Gasteiger partial charge in [-0.3, -0.25) is 0 Å². The molecule has 4 heteroatoms. The number of nitrogens with zero attached hydrogens (tertiary/aromatic N) is 2. The number of azo groups is 1. The first-order valence-electron chi connectivity index (χ1n) is 9.63. The van der Waals surface area contributed by atoms with Gasteiger partial charge in [0, 0.05) is 10.8 Å². The van der Waals surface area contributed by atoms with Crippen molar-refractivity contribution in [2.24, 2.45) is 10.2 Å². The predicted molar refractivity (Wildman–Crippen MR) is 125 cm³/mol. The molecule has 0 heterocycles. The van der Waals surface area contributed by atoms with E-state index in [0.717, 1.165) is 22.1 Å². The molecule has 0 aliphatic carbocycles. The summed E-state index contributed by atoms with van der Waals surface area (Å²) >= 11 is 0. The molecule has 0 spiro atoms. The van der Waals surface area contributed by atoms with Crippen LogP contribution in [0.4, 0.5) is 17.1 Å². The van der Waals surface area contributed by atoms with E-state index in [0.29, 0.717) is 5.69 Å². The van der Waals surface area contributed by atoms with Gasteiger partial charge in [0.1, 0.15) is 5.75 Å². The molecular weight excluding hydrogens is 370 g/mol. The number of phenols is 1. The van der Waals surface area contributed by atoms with Crippen LogP contribution in [0.5, 0.6) is 5.75 Å². The van der Waals surface area contributed by atoms with Gasteiger partial charge < -0.3 is 10.8 Å². The Morgan fingerprint density at radius 1 is 0.500 bits per heavy atom. The lowest BCUT2D eigenvalue weighted by Gasteiger charge is -2.02. The summed E-state index contributed by atoms with van der Waals surface area (Å²) in [6.45, 7) is 0. The number of rotatable bonds is 2. The molecule has 0 aliphatic heterocycles. The largest absolute Gasteiger partial charge is 0.506 e. The van der Waals surface area contributed by atoms with E-state index in [1.165, 1.54) is 10.8 Å². The number of nitrogens with two attached hydrogens (primary N) is 1. The third-order valence-corrected chi connectivity index (χ3v) is 4.74. The minimum absolute atomic E-state index is 0.146. The first-order chi connectivity index (χ1) is 14.7. The Morgan fingerprint density at radius 3 is 1.40 bits per heavy atom. The highest BCUT2D eigenvalue weighted by atomic mass is 16.3. The van der Waals surface area contributed by atoms with Gasteiger partial charge >= 0.3 is 0 Å². The Morgan fingerprint density at radius 2 is 0.933 bits per heavy atom. The lowest BCUT2D eigenvalue weighted by Crippen LogP contribution is -1.82. The Bertz CT molecular complexity index is 1220. The van der Waals surface area contributed by atoms with Crippen molar-refractivity contribution >= 4 is 38.6 Å². The second-order valence-corrected chi connectivity index (χ2v) is 6.76. The van der Waals surface area contributed by atoms with Crippen LogP contribution in [0, 0.1) is 0 Å². The third kappa shape index (κ3) is 4.28. The average Bonchev–Trinajstić information content (AvgIpc) is 2.80. The number of aromatic hydroxyl groups is 1. The maximum atomic E-state index is 8.79. The molecule has 4 nitrogen and oxygen atoms in total. The summed E-state index contributed by atoms with van der Waals surface area (Å²) in [4.78, 5) is 0. The molecular formula is C26H21N3O. The van der Waals surface area contributed by atoms with Gasteiger partial charge in [-0.2, -0.15) is 0 Å². The van der Waals surface area contributed by atoms with Crippen molar-refractivity contribution in [1.82, 2.24) is 0 Å². The van der Waals surface area contributed by atoms with Gasteiger partial charge in [0.05, 0.1) is 17.1 Å². The number of benzene rings is 5. The first kappa shape index (κ1) is 19.2. The highest BCUT2D eigenvalue weighted by molar-refractivity contribution is 5.93. The fraction of sp³-hybridized carbons (Fsp3) is 0. The van der Waals surface area contributed by atoms with Gasteiger partial charge in [0.2, 0.25) is 0 Å². The molecule has 0 saturated carbocycles. The Labute approximate surface area is 174 Å². The van der Waals surface area contributed by atoms with Gasteiger partial charge in [-0.25, -0.2) is 0 Å². The molecule has 0 amide bonds. The lowest BCUT2D eigenvalue weighted by atomic mass is 10.1. The van der Waals surface area contributed by atoms with Crippen molar-refractivity contribution in [2.45, 2.75) is 0 Å². The summed E-state index contributed by atoms with van der Waals surface area (Å²) in [6.07, 6.45) is 0. The van der Waals surface area contributed by atoms with Crippen molar-refractivity contribution < 1.29 is 5.11 Å². The van der Waals surface area contributed by atoms with E-state index in [1.807, 2.05) is 48.5 Å². The van der Waals surface area contributed by atoms with Crippen molar-refractivity contribution in [3.63, 3.8) is 0 Å². The quantitative estimate of drug-likeness (QED) is 0.187. The Kier molecular flexibility index (Phi) is 5.67. The predicted octanol–water partition coefficient (Wildman–Crippen LogP) is 7.38. The zero-order chi connectivity index (χ0) is 20.8. The van der Waals surface area contributed by atoms with Gasteiger partial charge in [-0.1, -0.05) is 84.9 Å². The highest BCUT2D eigenvalue weighted by Crippen LogP contribution is 2.30. The van der Waals surface area contributed by atoms with E-state index in [9.17, 15) is 0 Å². The molecule has 146 valence electrons. The van der Waals surface area contributed by atoms with Crippen LogP contribution in [-0.4, -0.2) is 5.11 Å². The van der Waals surface area contributed by atoms with Crippen LogP contribution >= 0.6 is 0 Å². The average molecular weight is 391 g/mol. The number of phenolic OH excluding ortho intramolecular Hbond substituents is 1. The molecule has 0 aromatic heterocycles. The molecule has 5 aromatic carbocycles. The molecule has 0 saturated heterocycles. The number of hydrogen-bond acceptors (Lipinski definition) is 4. The minimum Gasteiger partial charge on any atom is -0.506 e. The van der Waals surface area contributed by atoms with E-state index >= 15 is 0 Å².